The summed E-state index contributed by atoms with van der Waals surface area (Å²) in [5.41, 5.74) is 3.06. The average Bonchev–Trinajstić information content (AvgIpc) is 3.11. The van der Waals surface area contributed by atoms with Crippen molar-refractivity contribution in [2.45, 2.75) is 0 Å². The second kappa shape index (κ2) is 8.56. The molecule has 1 N–H and O–H groups in total. The summed E-state index contributed by atoms with van der Waals surface area (Å²) in [7, 11) is 0. The molecular formula is C22H13Cl3N2OS. The van der Waals surface area contributed by atoms with Crippen molar-refractivity contribution in [3.05, 3.63) is 87.4 Å². The van der Waals surface area contributed by atoms with Crippen LogP contribution in [-0.2, 0) is 4.79 Å². The van der Waals surface area contributed by atoms with Crippen LogP contribution >= 0.6 is 46.1 Å². The maximum atomic E-state index is 12.2. The first kappa shape index (κ1) is 19.9. The molecule has 0 radical (unpaired) electrons. The minimum absolute atomic E-state index is 0.292. The summed E-state index contributed by atoms with van der Waals surface area (Å²) in [6.07, 6.45) is 3.04. The number of para-hydroxylation sites is 1. The molecular weight excluding hydrogens is 447 g/mol. The molecule has 0 atom stereocenters. The van der Waals surface area contributed by atoms with Gasteiger partial charge in [-0.2, -0.15) is 0 Å². The Kier molecular flexibility index (Phi) is 5.88. The number of hydrogen-bond acceptors (Lipinski definition) is 3. The Morgan fingerprint density at radius 3 is 2.55 bits per heavy atom. The molecule has 0 unspecified atom stereocenters. The number of halogens is 3. The summed E-state index contributed by atoms with van der Waals surface area (Å²) in [5.74, 6) is -0.292. The van der Waals surface area contributed by atoms with E-state index in [0.29, 0.717) is 26.3 Å². The van der Waals surface area contributed by atoms with Gasteiger partial charge in [-0.1, -0.05) is 53.0 Å². The van der Waals surface area contributed by atoms with Gasteiger partial charge in [0.05, 0.1) is 15.2 Å². The Labute approximate surface area is 186 Å². The SMILES string of the molecule is O=C(/C=C/c1ccc(Cl)cc1Cl)Nc1ccc(-c2nc3ccccc3s2)c(Cl)c1. The monoisotopic (exact) mass is 458 g/mol. The van der Waals surface area contributed by atoms with Gasteiger partial charge in [0.1, 0.15) is 5.01 Å². The van der Waals surface area contributed by atoms with Gasteiger partial charge in [0, 0.05) is 27.4 Å². The van der Waals surface area contributed by atoms with E-state index in [2.05, 4.69) is 10.3 Å². The van der Waals surface area contributed by atoms with E-state index in [9.17, 15) is 4.79 Å². The van der Waals surface area contributed by atoms with Gasteiger partial charge in [-0.25, -0.2) is 4.98 Å². The molecule has 0 aliphatic rings. The molecule has 0 bridgehead atoms. The molecule has 0 aliphatic heterocycles. The lowest BCUT2D eigenvalue weighted by molar-refractivity contribution is -0.111. The second-order valence-corrected chi connectivity index (χ2v) is 8.45. The third-order valence-electron chi connectivity index (χ3n) is 4.14. The second-order valence-electron chi connectivity index (χ2n) is 6.17. The Bertz CT molecular complexity index is 1220. The van der Waals surface area contributed by atoms with Crippen LogP contribution in [0.1, 0.15) is 5.56 Å². The highest BCUT2D eigenvalue weighted by molar-refractivity contribution is 7.21. The van der Waals surface area contributed by atoms with Crippen molar-refractivity contribution >= 4 is 74.0 Å². The third kappa shape index (κ3) is 4.62. The van der Waals surface area contributed by atoms with E-state index in [-0.39, 0.29) is 5.91 Å². The highest BCUT2D eigenvalue weighted by atomic mass is 35.5. The summed E-state index contributed by atoms with van der Waals surface area (Å²) >= 11 is 20.0. The van der Waals surface area contributed by atoms with E-state index in [4.69, 9.17) is 34.8 Å². The van der Waals surface area contributed by atoms with Gasteiger partial charge >= 0.3 is 0 Å². The first-order valence-electron chi connectivity index (χ1n) is 8.59. The number of carbonyl (C=O) groups excluding carboxylic acids is 1. The molecule has 29 heavy (non-hydrogen) atoms. The lowest BCUT2D eigenvalue weighted by Crippen LogP contribution is -2.07. The zero-order valence-electron chi connectivity index (χ0n) is 14.8. The molecule has 0 spiro atoms. The van der Waals surface area contributed by atoms with Crippen LogP contribution in [0.3, 0.4) is 0 Å². The van der Waals surface area contributed by atoms with E-state index < -0.39 is 0 Å². The predicted octanol–water partition coefficient (Wildman–Crippen LogP) is 7.58. The molecule has 3 aromatic carbocycles. The Morgan fingerprint density at radius 2 is 1.79 bits per heavy atom. The molecule has 1 aromatic heterocycles. The summed E-state index contributed by atoms with van der Waals surface area (Å²) in [5, 5.41) is 5.17. The number of nitrogens with one attached hydrogen (secondary N) is 1. The van der Waals surface area contributed by atoms with Crippen LogP contribution in [0, 0.1) is 0 Å². The topological polar surface area (TPSA) is 42.0 Å². The van der Waals surface area contributed by atoms with Gasteiger partial charge in [-0.05, 0) is 54.1 Å². The van der Waals surface area contributed by atoms with Gasteiger partial charge in [-0.3, -0.25) is 4.79 Å². The highest BCUT2D eigenvalue weighted by Gasteiger charge is 2.11. The van der Waals surface area contributed by atoms with Crippen molar-refractivity contribution in [1.29, 1.82) is 0 Å². The van der Waals surface area contributed by atoms with Gasteiger partial charge < -0.3 is 5.32 Å². The zero-order chi connectivity index (χ0) is 20.4. The standard InChI is InChI=1S/C22H13Cl3N2OS/c23-14-7-5-13(17(24)11-14)6-10-21(28)26-15-8-9-16(18(25)12-15)22-27-19-3-1-2-4-20(19)29-22/h1-12H,(H,26,28)/b10-6+. The van der Waals surface area contributed by atoms with E-state index in [1.807, 2.05) is 30.3 Å². The molecule has 4 rings (SSSR count). The predicted molar refractivity (Wildman–Crippen MR) is 124 cm³/mol. The summed E-state index contributed by atoms with van der Waals surface area (Å²) < 4.78 is 1.10. The van der Waals surface area contributed by atoms with Gasteiger partial charge in [0.2, 0.25) is 5.91 Å². The summed E-state index contributed by atoms with van der Waals surface area (Å²) in [6, 6.07) is 18.4. The van der Waals surface area contributed by atoms with Crippen LogP contribution in [0.5, 0.6) is 0 Å². The third-order valence-corrected chi connectivity index (χ3v) is 6.08. The minimum Gasteiger partial charge on any atom is -0.322 e. The van der Waals surface area contributed by atoms with Crippen LogP contribution < -0.4 is 5.32 Å². The maximum absolute atomic E-state index is 12.2. The fourth-order valence-corrected chi connectivity index (χ4v) is 4.54. The van der Waals surface area contributed by atoms with Crippen LogP contribution in [0.15, 0.2) is 66.7 Å². The number of nitrogens with zero attached hydrogens (tertiary/aromatic N) is 1. The number of benzene rings is 3. The van der Waals surface area contributed by atoms with E-state index >= 15 is 0 Å². The number of fused-ring (bicyclic) bond motifs is 1. The molecule has 7 heteroatoms. The summed E-state index contributed by atoms with van der Waals surface area (Å²) in [4.78, 5) is 16.9. The quantitative estimate of drug-likeness (QED) is 0.320. The van der Waals surface area contributed by atoms with Crippen molar-refractivity contribution in [3.8, 4) is 10.6 Å². The minimum atomic E-state index is -0.292. The largest absolute Gasteiger partial charge is 0.322 e. The number of aromatic nitrogens is 1. The van der Waals surface area contributed by atoms with Crippen LogP contribution in [-0.4, -0.2) is 10.9 Å². The molecule has 1 heterocycles. The lowest BCUT2D eigenvalue weighted by atomic mass is 10.2. The number of anilines is 1. The first-order chi connectivity index (χ1) is 14.0. The molecule has 1 amide bonds. The smallest absolute Gasteiger partial charge is 0.248 e. The Hall–Kier alpha value is -2.37. The zero-order valence-corrected chi connectivity index (χ0v) is 17.9. The van der Waals surface area contributed by atoms with Gasteiger partial charge in [0.15, 0.2) is 0 Å². The molecule has 4 aromatic rings. The van der Waals surface area contributed by atoms with Crippen LogP contribution in [0.4, 0.5) is 5.69 Å². The normalized spacial score (nSPS) is 11.3. The maximum Gasteiger partial charge on any atom is 0.248 e. The van der Waals surface area contributed by atoms with Crippen molar-refractivity contribution in [1.82, 2.24) is 4.98 Å². The van der Waals surface area contributed by atoms with Gasteiger partial charge in [-0.15, -0.1) is 11.3 Å². The Balaban J connectivity index is 1.50. The molecule has 0 fully saturated rings. The number of amides is 1. The van der Waals surface area contributed by atoms with Gasteiger partial charge in [0.25, 0.3) is 0 Å². The fourth-order valence-electron chi connectivity index (χ4n) is 2.74. The molecule has 3 nitrogen and oxygen atoms in total. The lowest BCUT2D eigenvalue weighted by Gasteiger charge is -2.06. The fraction of sp³-hybridized carbons (Fsp3) is 0. The van der Waals surface area contributed by atoms with E-state index in [1.54, 1.807) is 47.7 Å². The number of rotatable bonds is 4. The summed E-state index contributed by atoms with van der Waals surface area (Å²) in [6.45, 7) is 0. The van der Waals surface area contributed by atoms with E-state index in [1.165, 1.54) is 6.08 Å². The van der Waals surface area contributed by atoms with Crippen molar-refractivity contribution < 1.29 is 4.79 Å². The van der Waals surface area contributed by atoms with Crippen molar-refractivity contribution in [3.63, 3.8) is 0 Å². The van der Waals surface area contributed by atoms with Crippen LogP contribution in [0.2, 0.25) is 15.1 Å². The van der Waals surface area contributed by atoms with Crippen molar-refractivity contribution in [2.24, 2.45) is 0 Å². The number of carbonyl (C=O) groups is 1. The molecule has 0 saturated carbocycles. The molecule has 0 aliphatic carbocycles. The van der Waals surface area contributed by atoms with Crippen LogP contribution in [0.25, 0.3) is 26.9 Å². The van der Waals surface area contributed by atoms with E-state index in [0.717, 1.165) is 20.8 Å². The first-order valence-corrected chi connectivity index (χ1v) is 10.5. The van der Waals surface area contributed by atoms with Crippen molar-refractivity contribution in [2.75, 3.05) is 5.32 Å². The molecule has 0 saturated heterocycles. The average molecular weight is 460 g/mol. The number of thiazole rings is 1. The Morgan fingerprint density at radius 1 is 0.966 bits per heavy atom. The number of hydrogen-bond donors (Lipinski definition) is 1. The molecule has 144 valence electrons. The highest BCUT2D eigenvalue weighted by Crippen LogP contribution is 2.35.